The fourth-order valence-electron chi connectivity index (χ4n) is 2.05. The number of hydrogen-bond acceptors (Lipinski definition) is 1. The van der Waals surface area contributed by atoms with E-state index in [1.807, 2.05) is 51.1 Å². The highest BCUT2D eigenvalue weighted by Crippen LogP contribution is 2.25. The number of carbonyl (C=O) groups is 1. The number of benzene rings is 2. The van der Waals surface area contributed by atoms with Crippen LogP contribution in [0, 0.1) is 20.8 Å². The molecule has 0 aliphatic rings. The van der Waals surface area contributed by atoms with Crippen molar-refractivity contribution in [2.24, 2.45) is 0 Å². The summed E-state index contributed by atoms with van der Waals surface area (Å²) in [6, 6.07) is 9.69. The van der Waals surface area contributed by atoms with E-state index in [0.29, 0.717) is 0 Å². The maximum Gasteiger partial charge on any atom is 0.193 e. The van der Waals surface area contributed by atoms with Crippen molar-refractivity contribution in [1.82, 2.24) is 0 Å². The first-order chi connectivity index (χ1) is 8.90. The van der Waals surface area contributed by atoms with Crippen molar-refractivity contribution >= 4 is 37.6 Å². The van der Waals surface area contributed by atoms with Gasteiger partial charge in [0.15, 0.2) is 5.78 Å². The minimum atomic E-state index is 0.0816. The average molecular weight is 382 g/mol. The summed E-state index contributed by atoms with van der Waals surface area (Å²) >= 11 is 6.91. The van der Waals surface area contributed by atoms with E-state index in [4.69, 9.17) is 0 Å². The van der Waals surface area contributed by atoms with Gasteiger partial charge in [-0.3, -0.25) is 4.79 Å². The standard InChI is InChI=1S/C16H14Br2O/c1-9-6-12(17)4-5-13(9)16(19)14-7-11(3)15(18)8-10(14)2/h4-8H,1-3H3. The molecule has 0 aliphatic carbocycles. The summed E-state index contributed by atoms with van der Waals surface area (Å²) in [5.74, 6) is 0.0816. The molecule has 0 amide bonds. The van der Waals surface area contributed by atoms with Crippen molar-refractivity contribution in [3.05, 3.63) is 67.1 Å². The minimum Gasteiger partial charge on any atom is -0.289 e. The molecule has 0 saturated carbocycles. The molecule has 98 valence electrons. The fraction of sp³-hybridized carbons (Fsp3) is 0.188. The van der Waals surface area contributed by atoms with E-state index < -0.39 is 0 Å². The van der Waals surface area contributed by atoms with Crippen LogP contribution < -0.4 is 0 Å². The lowest BCUT2D eigenvalue weighted by atomic mass is 9.95. The van der Waals surface area contributed by atoms with E-state index in [0.717, 1.165) is 36.8 Å². The lowest BCUT2D eigenvalue weighted by Gasteiger charge is -2.10. The van der Waals surface area contributed by atoms with Crippen molar-refractivity contribution in [2.45, 2.75) is 20.8 Å². The van der Waals surface area contributed by atoms with E-state index in [1.54, 1.807) is 0 Å². The zero-order valence-corrected chi connectivity index (χ0v) is 14.2. The Labute approximate surface area is 130 Å². The van der Waals surface area contributed by atoms with Crippen LogP contribution in [0.5, 0.6) is 0 Å². The van der Waals surface area contributed by atoms with Crippen molar-refractivity contribution in [2.75, 3.05) is 0 Å². The molecule has 0 saturated heterocycles. The second-order valence-electron chi connectivity index (χ2n) is 4.70. The second kappa shape index (κ2) is 5.59. The summed E-state index contributed by atoms with van der Waals surface area (Å²) in [6.07, 6.45) is 0. The Morgan fingerprint density at radius 2 is 1.47 bits per heavy atom. The zero-order valence-electron chi connectivity index (χ0n) is 11.1. The van der Waals surface area contributed by atoms with E-state index in [1.165, 1.54) is 0 Å². The summed E-state index contributed by atoms with van der Waals surface area (Å²) in [4.78, 5) is 12.6. The zero-order chi connectivity index (χ0) is 14.2. The molecule has 0 fully saturated rings. The van der Waals surface area contributed by atoms with Crippen molar-refractivity contribution in [3.63, 3.8) is 0 Å². The van der Waals surface area contributed by atoms with Gasteiger partial charge in [0, 0.05) is 20.1 Å². The molecule has 0 atom stereocenters. The van der Waals surface area contributed by atoms with Gasteiger partial charge in [-0.05, 0) is 67.8 Å². The van der Waals surface area contributed by atoms with Crippen LogP contribution in [0.1, 0.15) is 32.6 Å². The van der Waals surface area contributed by atoms with E-state index in [-0.39, 0.29) is 5.78 Å². The van der Waals surface area contributed by atoms with Crippen LogP contribution >= 0.6 is 31.9 Å². The molecular formula is C16H14Br2O. The van der Waals surface area contributed by atoms with Crippen LogP contribution in [0.15, 0.2) is 39.3 Å². The largest absolute Gasteiger partial charge is 0.289 e. The predicted octanol–water partition coefficient (Wildman–Crippen LogP) is 5.37. The molecule has 0 N–H and O–H groups in total. The second-order valence-corrected chi connectivity index (χ2v) is 6.47. The van der Waals surface area contributed by atoms with Gasteiger partial charge in [-0.25, -0.2) is 0 Å². The van der Waals surface area contributed by atoms with Gasteiger partial charge in [0.25, 0.3) is 0 Å². The number of aryl methyl sites for hydroxylation is 3. The van der Waals surface area contributed by atoms with E-state index >= 15 is 0 Å². The van der Waals surface area contributed by atoms with Gasteiger partial charge in [-0.1, -0.05) is 31.9 Å². The normalized spacial score (nSPS) is 10.6. The summed E-state index contributed by atoms with van der Waals surface area (Å²) in [5.41, 5.74) is 4.58. The molecule has 2 aromatic carbocycles. The van der Waals surface area contributed by atoms with Crippen LogP contribution in [-0.2, 0) is 0 Å². The van der Waals surface area contributed by atoms with Gasteiger partial charge in [-0.15, -0.1) is 0 Å². The number of halogens is 2. The Morgan fingerprint density at radius 1 is 0.842 bits per heavy atom. The van der Waals surface area contributed by atoms with Gasteiger partial charge in [-0.2, -0.15) is 0 Å². The maximum absolute atomic E-state index is 12.6. The molecule has 0 heterocycles. The Morgan fingerprint density at radius 3 is 2.11 bits per heavy atom. The minimum absolute atomic E-state index is 0.0816. The molecule has 19 heavy (non-hydrogen) atoms. The Bertz CT molecular complexity index is 660. The molecular weight excluding hydrogens is 368 g/mol. The van der Waals surface area contributed by atoms with Crippen LogP contribution in [0.2, 0.25) is 0 Å². The number of carbonyl (C=O) groups excluding carboxylic acids is 1. The third-order valence-corrected chi connectivity index (χ3v) is 4.53. The molecule has 0 radical (unpaired) electrons. The molecule has 3 heteroatoms. The molecule has 0 aromatic heterocycles. The van der Waals surface area contributed by atoms with E-state index in [2.05, 4.69) is 31.9 Å². The highest BCUT2D eigenvalue weighted by molar-refractivity contribution is 9.10. The van der Waals surface area contributed by atoms with E-state index in [9.17, 15) is 4.79 Å². The highest BCUT2D eigenvalue weighted by Gasteiger charge is 2.15. The lowest BCUT2D eigenvalue weighted by Crippen LogP contribution is -2.06. The van der Waals surface area contributed by atoms with Crippen LogP contribution in [0.4, 0.5) is 0 Å². The first-order valence-electron chi connectivity index (χ1n) is 5.97. The number of rotatable bonds is 2. The Hall–Kier alpha value is -0.930. The Kier molecular flexibility index (Phi) is 4.26. The van der Waals surface area contributed by atoms with Crippen LogP contribution in [0.25, 0.3) is 0 Å². The Balaban J connectivity index is 2.53. The third kappa shape index (κ3) is 2.98. The van der Waals surface area contributed by atoms with Gasteiger partial charge >= 0.3 is 0 Å². The molecule has 0 spiro atoms. The quantitative estimate of drug-likeness (QED) is 0.639. The van der Waals surface area contributed by atoms with Gasteiger partial charge in [0.05, 0.1) is 0 Å². The van der Waals surface area contributed by atoms with Crippen LogP contribution in [0.3, 0.4) is 0 Å². The van der Waals surface area contributed by atoms with Crippen molar-refractivity contribution in [3.8, 4) is 0 Å². The number of hydrogen-bond donors (Lipinski definition) is 0. The molecule has 2 aromatic rings. The summed E-state index contributed by atoms with van der Waals surface area (Å²) < 4.78 is 2.03. The smallest absolute Gasteiger partial charge is 0.193 e. The fourth-order valence-corrected chi connectivity index (χ4v) is 2.99. The summed E-state index contributed by atoms with van der Waals surface area (Å²) in [7, 11) is 0. The maximum atomic E-state index is 12.6. The molecule has 0 bridgehead atoms. The van der Waals surface area contributed by atoms with Gasteiger partial charge < -0.3 is 0 Å². The monoisotopic (exact) mass is 380 g/mol. The SMILES string of the molecule is Cc1cc(C(=O)c2ccc(Br)cc2C)c(C)cc1Br. The third-order valence-electron chi connectivity index (χ3n) is 3.18. The number of ketones is 1. The van der Waals surface area contributed by atoms with Crippen LogP contribution in [-0.4, -0.2) is 5.78 Å². The lowest BCUT2D eigenvalue weighted by molar-refractivity contribution is 0.103. The van der Waals surface area contributed by atoms with Crippen molar-refractivity contribution in [1.29, 1.82) is 0 Å². The molecule has 2 rings (SSSR count). The summed E-state index contributed by atoms with van der Waals surface area (Å²) in [6.45, 7) is 5.92. The molecule has 0 unspecified atom stereocenters. The van der Waals surface area contributed by atoms with Gasteiger partial charge in [0.1, 0.15) is 0 Å². The predicted molar refractivity (Wildman–Crippen MR) is 85.9 cm³/mol. The van der Waals surface area contributed by atoms with Crippen molar-refractivity contribution < 1.29 is 4.79 Å². The first kappa shape index (κ1) is 14.5. The van der Waals surface area contributed by atoms with Gasteiger partial charge in [0.2, 0.25) is 0 Å². The average Bonchev–Trinajstić information content (AvgIpc) is 2.33. The molecule has 0 aliphatic heterocycles. The highest BCUT2D eigenvalue weighted by atomic mass is 79.9. The first-order valence-corrected chi connectivity index (χ1v) is 7.56. The molecule has 1 nitrogen and oxygen atoms in total. The topological polar surface area (TPSA) is 17.1 Å². The summed E-state index contributed by atoms with van der Waals surface area (Å²) in [5, 5.41) is 0.